The number of carbonyl (C=O) groups excluding carboxylic acids is 1. The molecule has 2 aromatic carbocycles. The predicted octanol–water partition coefficient (Wildman–Crippen LogP) is 1.63. The molecule has 0 bridgehead atoms. The van der Waals surface area contributed by atoms with Crippen molar-refractivity contribution in [3.05, 3.63) is 59.7 Å². The molecule has 30 heavy (non-hydrogen) atoms. The van der Waals surface area contributed by atoms with E-state index >= 15 is 0 Å². The fraction of sp³-hybridized carbons (Fsp3) is 0.381. The molecule has 0 aliphatic carbocycles. The number of sulfone groups is 1. The maximum absolute atomic E-state index is 12.7. The minimum Gasteiger partial charge on any atom is -0.508 e. The lowest BCUT2D eigenvalue weighted by atomic mass is 10.0. The molecule has 0 aromatic heterocycles. The molecule has 0 radical (unpaired) electrons. The van der Waals surface area contributed by atoms with E-state index in [9.17, 15) is 23.5 Å². The number of amides is 1. The molecule has 1 heterocycles. The lowest BCUT2D eigenvalue weighted by Gasteiger charge is -2.26. The number of phenolic OH excluding ortho intramolecular Hbond substituents is 1. The summed E-state index contributed by atoms with van der Waals surface area (Å²) in [5.74, 6) is -0.532. The molecular formula is C21H26N2O6S. The zero-order valence-corrected chi connectivity index (χ0v) is 17.4. The number of hydrogen-bond acceptors (Lipinski definition) is 7. The van der Waals surface area contributed by atoms with Crippen LogP contribution in [0.15, 0.2) is 53.4 Å². The first kappa shape index (κ1) is 22.2. The Morgan fingerprint density at radius 1 is 1.07 bits per heavy atom. The van der Waals surface area contributed by atoms with Crippen molar-refractivity contribution in [3.63, 3.8) is 0 Å². The second kappa shape index (κ2) is 10.0. The summed E-state index contributed by atoms with van der Waals surface area (Å²) in [6, 6.07) is 11.3. The quantitative estimate of drug-likeness (QED) is 0.351. The van der Waals surface area contributed by atoms with E-state index < -0.39 is 21.6 Å². The van der Waals surface area contributed by atoms with Crippen LogP contribution in [0.25, 0.3) is 0 Å². The van der Waals surface area contributed by atoms with Crippen LogP contribution in [0.3, 0.4) is 0 Å². The third-order valence-electron chi connectivity index (χ3n) is 5.19. The number of benzene rings is 2. The third kappa shape index (κ3) is 5.79. The Hall–Kier alpha value is -2.46. The molecule has 2 aromatic rings. The Morgan fingerprint density at radius 2 is 1.70 bits per heavy atom. The fourth-order valence-electron chi connectivity index (χ4n) is 3.37. The third-order valence-corrected chi connectivity index (χ3v) is 6.93. The number of carbonyl (C=O) groups is 1. The van der Waals surface area contributed by atoms with E-state index in [0.29, 0.717) is 10.6 Å². The SMILES string of the molecule is O=CN(O)C(CS(=O)(=O)c1ccc(O)cc1)c1ccc(CCN2CCOCC2)cc1. The largest absolute Gasteiger partial charge is 0.508 e. The minimum atomic E-state index is -3.80. The molecule has 1 unspecified atom stereocenters. The Bertz CT molecular complexity index is 925. The lowest BCUT2D eigenvalue weighted by molar-refractivity contribution is -0.158. The molecule has 2 N–H and O–H groups in total. The Labute approximate surface area is 176 Å². The first-order chi connectivity index (χ1) is 14.4. The number of rotatable bonds is 9. The van der Waals surface area contributed by atoms with Gasteiger partial charge in [-0.05, 0) is 41.8 Å². The molecule has 3 rings (SSSR count). The van der Waals surface area contributed by atoms with Crippen molar-refractivity contribution >= 4 is 16.2 Å². The summed E-state index contributed by atoms with van der Waals surface area (Å²) in [6.45, 7) is 4.21. The average molecular weight is 435 g/mol. The van der Waals surface area contributed by atoms with Crippen molar-refractivity contribution in [2.45, 2.75) is 17.4 Å². The van der Waals surface area contributed by atoms with Crippen molar-refractivity contribution in [2.75, 3.05) is 38.6 Å². The van der Waals surface area contributed by atoms with Crippen LogP contribution >= 0.6 is 0 Å². The van der Waals surface area contributed by atoms with Crippen LogP contribution in [-0.4, -0.2) is 73.7 Å². The fourth-order valence-corrected chi connectivity index (χ4v) is 4.88. The smallest absolute Gasteiger partial charge is 0.233 e. The Balaban J connectivity index is 1.71. The van der Waals surface area contributed by atoms with E-state index in [4.69, 9.17) is 4.74 Å². The second-order valence-corrected chi connectivity index (χ2v) is 9.26. The summed E-state index contributed by atoms with van der Waals surface area (Å²) in [5.41, 5.74) is 1.60. The van der Waals surface area contributed by atoms with Gasteiger partial charge in [-0.3, -0.25) is 14.9 Å². The molecule has 1 atom stereocenters. The topological polar surface area (TPSA) is 107 Å². The van der Waals surface area contributed by atoms with Crippen LogP contribution in [-0.2, 0) is 25.8 Å². The zero-order chi connectivity index (χ0) is 21.6. The highest BCUT2D eigenvalue weighted by molar-refractivity contribution is 7.91. The van der Waals surface area contributed by atoms with E-state index in [1.165, 1.54) is 24.3 Å². The van der Waals surface area contributed by atoms with E-state index in [0.717, 1.165) is 44.8 Å². The summed E-state index contributed by atoms with van der Waals surface area (Å²) in [6.07, 6.45) is 1.04. The number of ether oxygens (including phenoxy) is 1. The molecule has 8 nitrogen and oxygen atoms in total. The monoisotopic (exact) mass is 434 g/mol. The van der Waals surface area contributed by atoms with Gasteiger partial charge in [0.05, 0.1) is 29.9 Å². The average Bonchev–Trinajstić information content (AvgIpc) is 2.77. The number of hydrogen-bond donors (Lipinski definition) is 2. The number of morpholine rings is 1. The molecule has 0 spiro atoms. The van der Waals surface area contributed by atoms with Gasteiger partial charge in [0.15, 0.2) is 9.84 Å². The van der Waals surface area contributed by atoms with Gasteiger partial charge in [-0.1, -0.05) is 24.3 Å². The van der Waals surface area contributed by atoms with E-state index in [2.05, 4.69) is 4.90 Å². The van der Waals surface area contributed by atoms with Gasteiger partial charge in [0, 0.05) is 19.6 Å². The van der Waals surface area contributed by atoms with Gasteiger partial charge < -0.3 is 9.84 Å². The second-order valence-electron chi connectivity index (χ2n) is 7.22. The number of aromatic hydroxyl groups is 1. The molecule has 0 saturated carbocycles. The standard InChI is InChI=1S/C21H26N2O6S/c24-16-23(26)21(15-30(27,28)20-7-5-19(25)6-8-20)18-3-1-17(2-4-18)9-10-22-11-13-29-14-12-22/h1-8,16,21,25-26H,9-15H2. The summed E-state index contributed by atoms with van der Waals surface area (Å²) in [5, 5.41) is 19.7. The molecule has 9 heteroatoms. The predicted molar refractivity (Wildman–Crippen MR) is 110 cm³/mol. The van der Waals surface area contributed by atoms with Gasteiger partial charge in [0.2, 0.25) is 6.41 Å². The molecule has 1 saturated heterocycles. The molecular weight excluding hydrogens is 408 g/mol. The van der Waals surface area contributed by atoms with Crippen molar-refractivity contribution in [3.8, 4) is 5.75 Å². The highest BCUT2D eigenvalue weighted by atomic mass is 32.2. The maximum Gasteiger partial charge on any atom is 0.233 e. The molecule has 1 amide bonds. The van der Waals surface area contributed by atoms with Gasteiger partial charge in [0.25, 0.3) is 0 Å². The van der Waals surface area contributed by atoms with Crippen molar-refractivity contribution in [1.29, 1.82) is 0 Å². The van der Waals surface area contributed by atoms with Gasteiger partial charge >= 0.3 is 0 Å². The lowest BCUT2D eigenvalue weighted by Crippen LogP contribution is -2.37. The van der Waals surface area contributed by atoms with Crippen LogP contribution < -0.4 is 0 Å². The van der Waals surface area contributed by atoms with E-state index in [-0.39, 0.29) is 17.1 Å². The van der Waals surface area contributed by atoms with Crippen LogP contribution in [0.2, 0.25) is 0 Å². The van der Waals surface area contributed by atoms with Crippen LogP contribution in [0.5, 0.6) is 5.75 Å². The highest BCUT2D eigenvalue weighted by Crippen LogP contribution is 2.25. The first-order valence-corrected chi connectivity index (χ1v) is 11.4. The Kier molecular flexibility index (Phi) is 7.43. The summed E-state index contributed by atoms with van der Waals surface area (Å²) >= 11 is 0. The van der Waals surface area contributed by atoms with Gasteiger partial charge in [-0.15, -0.1) is 0 Å². The van der Waals surface area contributed by atoms with Crippen LogP contribution in [0.4, 0.5) is 0 Å². The first-order valence-electron chi connectivity index (χ1n) is 9.72. The molecule has 1 aliphatic rings. The van der Waals surface area contributed by atoms with Gasteiger partial charge in [0.1, 0.15) is 5.75 Å². The number of hydroxylamine groups is 2. The van der Waals surface area contributed by atoms with Crippen molar-refractivity contribution in [2.24, 2.45) is 0 Å². The molecule has 162 valence electrons. The van der Waals surface area contributed by atoms with Crippen molar-refractivity contribution in [1.82, 2.24) is 9.96 Å². The van der Waals surface area contributed by atoms with E-state index in [1.807, 2.05) is 12.1 Å². The zero-order valence-electron chi connectivity index (χ0n) is 16.6. The highest BCUT2D eigenvalue weighted by Gasteiger charge is 2.27. The van der Waals surface area contributed by atoms with Gasteiger partial charge in [-0.25, -0.2) is 13.5 Å². The molecule has 1 aliphatic heterocycles. The van der Waals surface area contributed by atoms with Crippen molar-refractivity contribution < 1.29 is 28.3 Å². The summed E-state index contributed by atoms with van der Waals surface area (Å²) in [4.78, 5) is 13.5. The van der Waals surface area contributed by atoms with Crippen LogP contribution in [0, 0.1) is 0 Å². The summed E-state index contributed by atoms with van der Waals surface area (Å²) < 4.78 is 30.8. The number of nitrogens with zero attached hydrogens (tertiary/aromatic N) is 2. The van der Waals surface area contributed by atoms with E-state index in [1.54, 1.807) is 12.1 Å². The number of phenols is 1. The normalized spacial score (nSPS) is 16.2. The van der Waals surface area contributed by atoms with Gasteiger partial charge in [-0.2, -0.15) is 0 Å². The maximum atomic E-state index is 12.7. The molecule has 1 fully saturated rings. The minimum absolute atomic E-state index is 0.00623. The van der Waals surface area contributed by atoms with Crippen LogP contribution in [0.1, 0.15) is 17.2 Å². The summed E-state index contributed by atoms with van der Waals surface area (Å²) in [7, 11) is -3.80. The Morgan fingerprint density at radius 3 is 2.30 bits per heavy atom.